The molecule has 2 aromatic heterocycles. The molecule has 1 aliphatic rings. The smallest absolute Gasteiger partial charge is 0.328 e. The number of aromatic amines is 2. The lowest BCUT2D eigenvalue weighted by molar-refractivity contribution is -0.150. The molecule has 0 radical (unpaired) electrons. The van der Waals surface area contributed by atoms with Gasteiger partial charge in [-0.3, -0.25) is 14.2 Å². The fraction of sp³-hybridized carbons (Fsp3) is 0.409. The molecule has 1 aliphatic heterocycles. The predicted octanol–water partition coefficient (Wildman–Crippen LogP) is 1.69. The second kappa shape index (κ2) is 8.71. The zero-order valence-electron chi connectivity index (χ0n) is 17.0. The number of piperidine rings is 1. The van der Waals surface area contributed by atoms with Crippen molar-refractivity contribution in [2.75, 3.05) is 26.2 Å². The van der Waals surface area contributed by atoms with Crippen molar-refractivity contribution in [3.63, 3.8) is 0 Å². The summed E-state index contributed by atoms with van der Waals surface area (Å²) in [6.07, 6.45) is 2.66. The summed E-state index contributed by atoms with van der Waals surface area (Å²) in [5, 5.41) is 0.493. The van der Waals surface area contributed by atoms with Crippen molar-refractivity contribution < 1.29 is 9.53 Å². The number of nitrogens with zero attached hydrogens (tertiary/aromatic N) is 2. The first kappa shape index (κ1) is 20.2. The summed E-state index contributed by atoms with van der Waals surface area (Å²) in [5.74, 6) is -0.423. The van der Waals surface area contributed by atoms with Crippen molar-refractivity contribution in [2.24, 2.45) is 5.92 Å². The number of carbonyl (C=O) groups excluding carboxylic acids is 1. The average molecular weight is 410 g/mol. The van der Waals surface area contributed by atoms with E-state index in [1.165, 1.54) is 4.57 Å². The Morgan fingerprint density at radius 2 is 2.00 bits per heavy atom. The molecule has 0 spiro atoms. The minimum absolute atomic E-state index is 0.0714. The van der Waals surface area contributed by atoms with Crippen molar-refractivity contribution in [3.8, 4) is 0 Å². The highest BCUT2D eigenvalue weighted by Crippen LogP contribution is 2.33. The molecule has 4 rings (SSSR count). The van der Waals surface area contributed by atoms with Crippen molar-refractivity contribution in [3.05, 3.63) is 69.1 Å². The van der Waals surface area contributed by atoms with Gasteiger partial charge in [0, 0.05) is 37.4 Å². The SMILES string of the molecule is CCOC(=O)C1CN(CCn2c(=O)[nH]c3ccccc3c2=O)CCC1c1ccc[nH]1. The van der Waals surface area contributed by atoms with Gasteiger partial charge in [0.25, 0.3) is 5.56 Å². The van der Waals surface area contributed by atoms with Crippen LogP contribution in [0.3, 0.4) is 0 Å². The number of ether oxygens (including phenoxy) is 1. The van der Waals surface area contributed by atoms with E-state index >= 15 is 0 Å². The Kier molecular flexibility index (Phi) is 5.85. The first-order chi connectivity index (χ1) is 14.6. The molecule has 2 N–H and O–H groups in total. The number of aromatic nitrogens is 3. The van der Waals surface area contributed by atoms with Crippen molar-refractivity contribution in [2.45, 2.75) is 25.8 Å². The molecular formula is C22H26N4O4. The fourth-order valence-corrected chi connectivity index (χ4v) is 4.30. The number of likely N-dealkylation sites (tertiary alicyclic amines) is 1. The summed E-state index contributed by atoms with van der Waals surface area (Å²) in [7, 11) is 0. The van der Waals surface area contributed by atoms with E-state index in [-0.39, 0.29) is 29.9 Å². The van der Waals surface area contributed by atoms with Crippen LogP contribution in [0.5, 0.6) is 0 Å². The van der Waals surface area contributed by atoms with E-state index in [1.54, 1.807) is 31.2 Å². The lowest BCUT2D eigenvalue weighted by Gasteiger charge is -2.37. The summed E-state index contributed by atoms with van der Waals surface area (Å²) in [4.78, 5) is 45.9. The minimum atomic E-state index is -0.415. The summed E-state index contributed by atoms with van der Waals surface area (Å²) in [5.41, 5.74) is 0.868. The van der Waals surface area contributed by atoms with E-state index in [9.17, 15) is 14.4 Å². The predicted molar refractivity (Wildman–Crippen MR) is 114 cm³/mol. The number of H-pyrrole nitrogens is 2. The standard InChI is InChI=1S/C22H26N4O4/c1-2-30-21(28)17-14-25(11-9-15(17)18-8-5-10-23-18)12-13-26-20(27)16-6-3-4-7-19(16)24-22(26)29/h3-8,10,15,17,23H,2,9,11-14H2,1H3,(H,24,29). The van der Waals surface area contributed by atoms with Crippen LogP contribution in [0.2, 0.25) is 0 Å². The first-order valence-corrected chi connectivity index (χ1v) is 10.3. The van der Waals surface area contributed by atoms with E-state index in [1.807, 2.05) is 18.3 Å². The normalized spacial score (nSPS) is 19.8. The highest BCUT2D eigenvalue weighted by molar-refractivity contribution is 5.77. The van der Waals surface area contributed by atoms with Crippen molar-refractivity contribution in [1.82, 2.24) is 19.4 Å². The molecule has 3 heterocycles. The van der Waals surface area contributed by atoms with E-state index in [4.69, 9.17) is 4.74 Å². The van der Waals surface area contributed by atoms with E-state index in [2.05, 4.69) is 14.9 Å². The van der Waals surface area contributed by atoms with Gasteiger partial charge in [0.05, 0.1) is 23.4 Å². The van der Waals surface area contributed by atoms with Gasteiger partial charge in [0.2, 0.25) is 0 Å². The number of benzene rings is 1. The van der Waals surface area contributed by atoms with Crippen LogP contribution in [0, 0.1) is 5.92 Å². The van der Waals surface area contributed by atoms with Gasteiger partial charge in [-0.05, 0) is 44.2 Å². The molecule has 30 heavy (non-hydrogen) atoms. The summed E-state index contributed by atoms with van der Waals surface area (Å²) >= 11 is 0. The Balaban J connectivity index is 1.51. The van der Waals surface area contributed by atoms with Gasteiger partial charge < -0.3 is 19.6 Å². The van der Waals surface area contributed by atoms with Crippen LogP contribution >= 0.6 is 0 Å². The lowest BCUT2D eigenvalue weighted by atomic mass is 9.83. The fourth-order valence-electron chi connectivity index (χ4n) is 4.30. The van der Waals surface area contributed by atoms with Gasteiger partial charge >= 0.3 is 11.7 Å². The third-order valence-corrected chi connectivity index (χ3v) is 5.84. The number of fused-ring (bicyclic) bond motifs is 1. The molecule has 0 aliphatic carbocycles. The number of esters is 1. The monoisotopic (exact) mass is 410 g/mol. The molecule has 0 saturated carbocycles. The Labute approximate surface area is 173 Å². The number of hydrogen-bond donors (Lipinski definition) is 2. The van der Waals surface area contributed by atoms with E-state index < -0.39 is 5.69 Å². The molecule has 1 fully saturated rings. The van der Waals surface area contributed by atoms with Gasteiger partial charge in [-0.15, -0.1) is 0 Å². The Bertz CT molecular complexity index is 1130. The Morgan fingerprint density at radius 3 is 2.77 bits per heavy atom. The van der Waals surface area contributed by atoms with Gasteiger partial charge in [-0.2, -0.15) is 0 Å². The molecule has 1 aromatic carbocycles. The zero-order valence-corrected chi connectivity index (χ0v) is 17.0. The Hall–Kier alpha value is -3.13. The maximum Gasteiger partial charge on any atom is 0.328 e. The van der Waals surface area contributed by atoms with Crippen LogP contribution in [0.15, 0.2) is 52.2 Å². The van der Waals surface area contributed by atoms with E-state index in [0.717, 1.165) is 18.7 Å². The lowest BCUT2D eigenvalue weighted by Crippen LogP contribution is -2.46. The van der Waals surface area contributed by atoms with Gasteiger partial charge in [0.15, 0.2) is 0 Å². The second-order valence-corrected chi connectivity index (χ2v) is 7.61. The molecule has 0 bridgehead atoms. The molecule has 8 heteroatoms. The molecule has 0 amide bonds. The topological polar surface area (TPSA) is 100 Å². The number of para-hydroxylation sites is 1. The largest absolute Gasteiger partial charge is 0.466 e. The third kappa shape index (κ3) is 3.95. The highest BCUT2D eigenvalue weighted by atomic mass is 16.5. The quantitative estimate of drug-likeness (QED) is 0.603. The highest BCUT2D eigenvalue weighted by Gasteiger charge is 2.36. The number of rotatable bonds is 6. The molecule has 8 nitrogen and oxygen atoms in total. The number of carbonyl (C=O) groups is 1. The molecular weight excluding hydrogens is 384 g/mol. The Morgan fingerprint density at radius 1 is 1.17 bits per heavy atom. The van der Waals surface area contributed by atoms with Crippen LogP contribution in [-0.4, -0.2) is 51.6 Å². The van der Waals surface area contributed by atoms with Gasteiger partial charge in [0.1, 0.15) is 0 Å². The van der Waals surface area contributed by atoms with Crippen LogP contribution < -0.4 is 11.2 Å². The van der Waals surface area contributed by atoms with Gasteiger partial charge in [-0.25, -0.2) is 4.79 Å². The number of nitrogens with one attached hydrogen (secondary N) is 2. The zero-order chi connectivity index (χ0) is 21.1. The molecule has 2 atom stereocenters. The van der Waals surface area contributed by atoms with Crippen LogP contribution in [0.25, 0.3) is 10.9 Å². The summed E-state index contributed by atoms with van der Waals surface area (Å²) in [6, 6.07) is 10.9. The molecule has 1 saturated heterocycles. The third-order valence-electron chi connectivity index (χ3n) is 5.84. The maximum atomic E-state index is 12.7. The van der Waals surface area contributed by atoms with Crippen LogP contribution in [0.4, 0.5) is 0 Å². The molecule has 158 valence electrons. The number of hydrogen-bond acceptors (Lipinski definition) is 5. The van der Waals surface area contributed by atoms with Crippen molar-refractivity contribution >= 4 is 16.9 Å². The van der Waals surface area contributed by atoms with E-state index in [0.29, 0.717) is 30.6 Å². The summed E-state index contributed by atoms with van der Waals surface area (Å²) < 4.78 is 6.55. The maximum absolute atomic E-state index is 12.7. The minimum Gasteiger partial charge on any atom is -0.466 e. The second-order valence-electron chi connectivity index (χ2n) is 7.61. The van der Waals surface area contributed by atoms with Crippen LogP contribution in [0.1, 0.15) is 25.0 Å². The first-order valence-electron chi connectivity index (χ1n) is 10.3. The van der Waals surface area contributed by atoms with Crippen LogP contribution in [-0.2, 0) is 16.1 Å². The molecule has 2 unspecified atom stereocenters. The van der Waals surface area contributed by atoms with Crippen molar-refractivity contribution in [1.29, 1.82) is 0 Å². The molecule has 3 aromatic rings. The summed E-state index contributed by atoms with van der Waals surface area (Å²) in [6.45, 7) is 4.23. The van der Waals surface area contributed by atoms with Gasteiger partial charge in [-0.1, -0.05) is 12.1 Å². The average Bonchev–Trinajstić information content (AvgIpc) is 3.28.